The molecule has 116 valence electrons. The summed E-state index contributed by atoms with van der Waals surface area (Å²) in [6.07, 6.45) is 0.418. The van der Waals surface area contributed by atoms with Gasteiger partial charge < -0.3 is 9.47 Å². The summed E-state index contributed by atoms with van der Waals surface area (Å²) in [6.45, 7) is -0.0766. The summed E-state index contributed by atoms with van der Waals surface area (Å²) in [5, 5.41) is 0.685. The van der Waals surface area contributed by atoms with E-state index in [2.05, 4.69) is 0 Å². The largest absolute Gasteiger partial charge is 0.463 e. The number of esters is 2. The lowest BCUT2D eigenvalue weighted by atomic mass is 10.2. The standard InChI is InChI=1S/C13H12Cl4O4/c14-8-4-5-10(9(15)6-8)21-13(19)3-1-2-12(18)20-7-11(16)17/h4-6,11H,1-3,7H2. The third-order valence-electron chi connectivity index (χ3n) is 2.25. The SMILES string of the molecule is O=C(CCCC(=O)Oc1ccc(Cl)cc1Cl)OCC(Cl)Cl. The number of ether oxygens (including phenoxy) is 2. The fraction of sp³-hybridized carbons (Fsp3) is 0.385. The topological polar surface area (TPSA) is 52.6 Å². The molecule has 0 aliphatic carbocycles. The molecule has 4 nitrogen and oxygen atoms in total. The van der Waals surface area contributed by atoms with Crippen LogP contribution in [0.25, 0.3) is 0 Å². The Morgan fingerprint density at radius 2 is 1.76 bits per heavy atom. The van der Waals surface area contributed by atoms with E-state index in [0.717, 1.165) is 0 Å². The Morgan fingerprint density at radius 1 is 1.10 bits per heavy atom. The van der Waals surface area contributed by atoms with Crippen LogP contribution in [-0.4, -0.2) is 23.4 Å². The Balaban J connectivity index is 2.29. The summed E-state index contributed by atoms with van der Waals surface area (Å²) in [5.41, 5.74) is 0. The molecule has 21 heavy (non-hydrogen) atoms. The first kappa shape index (κ1) is 18.4. The first-order valence-electron chi connectivity index (χ1n) is 5.98. The Hall–Kier alpha value is -0.680. The van der Waals surface area contributed by atoms with E-state index in [4.69, 9.17) is 55.9 Å². The number of alkyl halides is 2. The highest BCUT2D eigenvalue weighted by Gasteiger charge is 2.11. The predicted molar refractivity (Wildman–Crippen MR) is 82.4 cm³/mol. The molecule has 0 bridgehead atoms. The number of halogens is 4. The van der Waals surface area contributed by atoms with Crippen molar-refractivity contribution >= 4 is 58.3 Å². The highest BCUT2D eigenvalue weighted by atomic mass is 35.5. The summed E-state index contributed by atoms with van der Waals surface area (Å²) in [5.74, 6) is -0.751. The lowest BCUT2D eigenvalue weighted by molar-refractivity contribution is -0.143. The zero-order valence-corrected chi connectivity index (χ0v) is 13.8. The van der Waals surface area contributed by atoms with E-state index in [1.54, 1.807) is 6.07 Å². The van der Waals surface area contributed by atoms with Gasteiger partial charge in [0, 0.05) is 17.9 Å². The van der Waals surface area contributed by atoms with E-state index in [-0.39, 0.29) is 36.6 Å². The van der Waals surface area contributed by atoms with E-state index in [0.29, 0.717) is 5.02 Å². The molecule has 1 rings (SSSR count). The molecule has 0 atom stereocenters. The van der Waals surface area contributed by atoms with Crippen molar-refractivity contribution in [2.24, 2.45) is 0 Å². The minimum Gasteiger partial charge on any atom is -0.463 e. The molecule has 0 aliphatic heterocycles. The molecule has 0 aliphatic rings. The normalized spacial score (nSPS) is 10.5. The lowest BCUT2D eigenvalue weighted by Gasteiger charge is -2.07. The molecule has 0 unspecified atom stereocenters. The maximum Gasteiger partial charge on any atom is 0.311 e. The van der Waals surface area contributed by atoms with Crippen LogP contribution < -0.4 is 4.74 Å². The molecular weight excluding hydrogens is 362 g/mol. The summed E-state index contributed by atoms with van der Waals surface area (Å²) in [4.78, 5) is 22.1. The molecule has 1 aromatic rings. The average molecular weight is 374 g/mol. The third kappa shape index (κ3) is 7.77. The quantitative estimate of drug-likeness (QED) is 0.403. The number of rotatable bonds is 7. The van der Waals surface area contributed by atoms with E-state index < -0.39 is 16.8 Å². The molecule has 0 amide bonds. The molecule has 0 spiro atoms. The fourth-order valence-electron chi connectivity index (χ4n) is 1.34. The van der Waals surface area contributed by atoms with Gasteiger partial charge in [-0.15, -0.1) is 23.2 Å². The van der Waals surface area contributed by atoms with E-state index in [1.165, 1.54) is 12.1 Å². The minimum absolute atomic E-state index is 0.0548. The number of carbonyl (C=O) groups excluding carboxylic acids is 2. The van der Waals surface area contributed by atoms with Gasteiger partial charge >= 0.3 is 11.9 Å². The van der Waals surface area contributed by atoms with Crippen molar-refractivity contribution < 1.29 is 19.1 Å². The summed E-state index contributed by atoms with van der Waals surface area (Å²) in [7, 11) is 0. The van der Waals surface area contributed by atoms with Crippen LogP contribution in [-0.2, 0) is 14.3 Å². The van der Waals surface area contributed by atoms with Gasteiger partial charge in [-0.2, -0.15) is 0 Å². The van der Waals surface area contributed by atoms with E-state index in [9.17, 15) is 9.59 Å². The Bertz CT molecular complexity index is 505. The van der Waals surface area contributed by atoms with Gasteiger partial charge in [0.15, 0.2) is 0 Å². The first-order chi connectivity index (χ1) is 9.88. The zero-order valence-electron chi connectivity index (χ0n) is 10.8. The molecule has 0 fully saturated rings. The Labute approximate surface area is 142 Å². The molecule has 8 heteroatoms. The van der Waals surface area contributed by atoms with Gasteiger partial charge in [0.2, 0.25) is 0 Å². The van der Waals surface area contributed by atoms with Gasteiger partial charge in [-0.05, 0) is 24.6 Å². The van der Waals surface area contributed by atoms with Crippen molar-refractivity contribution in [3.63, 3.8) is 0 Å². The van der Waals surface area contributed by atoms with E-state index >= 15 is 0 Å². The maximum absolute atomic E-state index is 11.6. The second-order valence-corrected chi connectivity index (χ2v) is 6.10. The molecule has 0 saturated heterocycles. The van der Waals surface area contributed by atoms with Crippen LogP contribution in [0.5, 0.6) is 5.75 Å². The van der Waals surface area contributed by atoms with Crippen molar-refractivity contribution in [1.82, 2.24) is 0 Å². The van der Waals surface area contributed by atoms with Gasteiger partial charge in [0.05, 0.1) is 5.02 Å². The van der Waals surface area contributed by atoms with Gasteiger partial charge in [-0.1, -0.05) is 23.2 Å². The number of hydrogen-bond acceptors (Lipinski definition) is 4. The van der Waals surface area contributed by atoms with Crippen LogP contribution >= 0.6 is 46.4 Å². The Kier molecular flexibility index (Phi) is 8.19. The number of hydrogen-bond donors (Lipinski definition) is 0. The average Bonchev–Trinajstić information content (AvgIpc) is 2.39. The highest BCUT2D eigenvalue weighted by Crippen LogP contribution is 2.27. The summed E-state index contributed by atoms with van der Waals surface area (Å²) in [6, 6.07) is 4.53. The number of carbonyl (C=O) groups is 2. The Morgan fingerprint density at radius 3 is 2.38 bits per heavy atom. The van der Waals surface area contributed by atoms with Gasteiger partial charge in [-0.3, -0.25) is 9.59 Å². The monoisotopic (exact) mass is 372 g/mol. The summed E-state index contributed by atoms with van der Waals surface area (Å²) >= 11 is 22.4. The molecule has 0 radical (unpaired) electrons. The zero-order chi connectivity index (χ0) is 15.8. The molecule has 1 aromatic carbocycles. The lowest BCUT2D eigenvalue weighted by Crippen LogP contribution is -2.12. The van der Waals surface area contributed by atoms with Crippen LogP contribution in [0, 0.1) is 0 Å². The molecule has 0 aromatic heterocycles. The van der Waals surface area contributed by atoms with Crippen molar-refractivity contribution in [1.29, 1.82) is 0 Å². The fourth-order valence-corrected chi connectivity index (χ4v) is 1.91. The van der Waals surface area contributed by atoms with Crippen LogP contribution in [0.1, 0.15) is 19.3 Å². The van der Waals surface area contributed by atoms with Crippen LogP contribution in [0.3, 0.4) is 0 Å². The van der Waals surface area contributed by atoms with Crippen molar-refractivity contribution in [3.05, 3.63) is 28.2 Å². The van der Waals surface area contributed by atoms with Crippen molar-refractivity contribution in [2.75, 3.05) is 6.61 Å². The molecule has 0 heterocycles. The van der Waals surface area contributed by atoms with Crippen LogP contribution in [0.15, 0.2) is 18.2 Å². The van der Waals surface area contributed by atoms with Crippen LogP contribution in [0.2, 0.25) is 10.0 Å². The first-order valence-corrected chi connectivity index (χ1v) is 7.61. The molecule has 0 saturated carbocycles. The molecule has 0 N–H and O–H groups in total. The second-order valence-electron chi connectivity index (χ2n) is 3.98. The second kappa shape index (κ2) is 9.36. The van der Waals surface area contributed by atoms with E-state index in [1.807, 2.05) is 0 Å². The van der Waals surface area contributed by atoms with Gasteiger partial charge in [-0.25, -0.2) is 0 Å². The van der Waals surface area contributed by atoms with Crippen LogP contribution in [0.4, 0.5) is 0 Å². The molecular formula is C13H12Cl4O4. The summed E-state index contributed by atoms with van der Waals surface area (Å²) < 4.78 is 9.80. The van der Waals surface area contributed by atoms with Crippen molar-refractivity contribution in [2.45, 2.75) is 24.1 Å². The minimum atomic E-state index is -0.758. The maximum atomic E-state index is 11.6. The third-order valence-corrected chi connectivity index (χ3v) is 3.03. The van der Waals surface area contributed by atoms with Crippen molar-refractivity contribution in [3.8, 4) is 5.75 Å². The number of benzene rings is 1. The van der Waals surface area contributed by atoms with Gasteiger partial charge in [0.1, 0.15) is 17.2 Å². The van der Waals surface area contributed by atoms with Gasteiger partial charge in [0.25, 0.3) is 0 Å². The highest BCUT2D eigenvalue weighted by molar-refractivity contribution is 6.44. The smallest absolute Gasteiger partial charge is 0.311 e. The predicted octanol–water partition coefficient (Wildman–Crippen LogP) is 4.42.